The van der Waals surface area contributed by atoms with Crippen LogP contribution < -0.4 is 4.90 Å². The summed E-state index contributed by atoms with van der Waals surface area (Å²) in [5, 5.41) is 9.15. The molecule has 0 spiro atoms. The van der Waals surface area contributed by atoms with Crippen LogP contribution in [-0.2, 0) is 27.4 Å². The number of carboxylic acids is 1. The van der Waals surface area contributed by atoms with Crippen molar-refractivity contribution in [3.05, 3.63) is 51.6 Å². The zero-order chi connectivity index (χ0) is 24.7. The number of rotatable bonds is 5. The number of hydrogen-bond acceptors (Lipinski definition) is 5. The Labute approximate surface area is 198 Å². The molecule has 2 heterocycles. The molecule has 0 amide bonds. The normalized spacial score (nSPS) is 20.2. The number of benzene rings is 1. The summed E-state index contributed by atoms with van der Waals surface area (Å²) in [6.07, 6.45) is -4.05. The van der Waals surface area contributed by atoms with Crippen LogP contribution in [0.25, 0.3) is 0 Å². The van der Waals surface area contributed by atoms with Gasteiger partial charge in [-0.2, -0.15) is 17.5 Å². The molecular weight excluding hydrogens is 527 g/mol. The van der Waals surface area contributed by atoms with Crippen LogP contribution in [0.1, 0.15) is 30.5 Å². The third-order valence-electron chi connectivity index (χ3n) is 5.46. The number of anilines is 1. The lowest BCUT2D eigenvalue weighted by Crippen LogP contribution is -2.58. The van der Waals surface area contributed by atoms with Crippen molar-refractivity contribution in [2.45, 2.75) is 50.3 Å². The second kappa shape index (κ2) is 9.22. The van der Waals surface area contributed by atoms with Gasteiger partial charge < -0.3 is 10.0 Å². The lowest BCUT2D eigenvalue weighted by atomic mass is 10.1. The molecule has 33 heavy (non-hydrogen) atoms. The summed E-state index contributed by atoms with van der Waals surface area (Å²) in [7, 11) is -3.97. The van der Waals surface area contributed by atoms with Crippen molar-refractivity contribution < 1.29 is 31.5 Å². The van der Waals surface area contributed by atoms with Crippen molar-refractivity contribution in [2.75, 3.05) is 18.0 Å². The predicted molar refractivity (Wildman–Crippen MR) is 120 cm³/mol. The van der Waals surface area contributed by atoms with E-state index in [1.165, 1.54) is 22.5 Å². The number of aliphatic carboxylic acids is 1. The van der Waals surface area contributed by atoms with Crippen LogP contribution >= 0.6 is 15.9 Å². The summed E-state index contributed by atoms with van der Waals surface area (Å²) in [4.78, 5) is 16.9. The number of nitrogens with zero attached hydrogens (tertiary/aromatic N) is 3. The third kappa shape index (κ3) is 5.33. The van der Waals surface area contributed by atoms with Gasteiger partial charge in [0.2, 0.25) is 10.0 Å². The van der Waals surface area contributed by atoms with Crippen LogP contribution in [0.3, 0.4) is 0 Å². The summed E-state index contributed by atoms with van der Waals surface area (Å²) < 4.78 is 67.4. The first-order valence-corrected chi connectivity index (χ1v) is 12.3. The van der Waals surface area contributed by atoms with Gasteiger partial charge in [-0.1, -0.05) is 15.9 Å². The van der Waals surface area contributed by atoms with E-state index in [1.54, 1.807) is 25.7 Å². The Kier molecular flexibility index (Phi) is 7.11. The molecule has 12 heteroatoms. The number of aryl methyl sites for hydroxylation is 1. The molecule has 0 bridgehead atoms. The second-order valence-corrected chi connectivity index (χ2v) is 10.8. The van der Waals surface area contributed by atoms with E-state index in [0.29, 0.717) is 21.4 Å². The molecule has 180 valence electrons. The number of piperazine rings is 1. The van der Waals surface area contributed by atoms with Crippen LogP contribution in [0.5, 0.6) is 0 Å². The first-order valence-electron chi connectivity index (χ1n) is 10.0. The molecular formula is C21H23BrF3N3O4S. The zero-order valence-corrected chi connectivity index (χ0v) is 20.5. The topological polar surface area (TPSA) is 90.8 Å². The monoisotopic (exact) mass is 549 g/mol. The standard InChI is InChI=1S/C21H23BrF3N3O4S/c1-12-6-17(7-15(20(12)22)8-19(29)30)33(31,32)28-13(2)10-27(11-14(28)3)18-5-4-16(9-26-18)21(23,24)25/h4-7,9,13-14H,8,10-11H2,1-3H3,(H,29,30)/t13-,14+. The average molecular weight is 550 g/mol. The highest BCUT2D eigenvalue weighted by molar-refractivity contribution is 9.10. The van der Waals surface area contributed by atoms with Gasteiger partial charge in [-0.3, -0.25) is 4.79 Å². The molecule has 0 radical (unpaired) electrons. The van der Waals surface area contributed by atoms with Gasteiger partial charge in [-0.15, -0.1) is 0 Å². The number of aromatic nitrogens is 1. The number of halogens is 4. The molecule has 2 atom stereocenters. The number of carboxylic acid groups (broad SMARTS) is 1. The fourth-order valence-corrected chi connectivity index (χ4v) is 6.39. The van der Waals surface area contributed by atoms with Crippen molar-refractivity contribution in [3.63, 3.8) is 0 Å². The van der Waals surface area contributed by atoms with Crippen molar-refractivity contribution >= 4 is 37.7 Å². The van der Waals surface area contributed by atoms with Crippen molar-refractivity contribution in [1.29, 1.82) is 0 Å². The van der Waals surface area contributed by atoms with Crippen molar-refractivity contribution in [1.82, 2.24) is 9.29 Å². The number of sulfonamides is 1. The van der Waals surface area contributed by atoms with Crippen LogP contribution in [0.15, 0.2) is 39.8 Å². The number of alkyl halides is 3. The van der Waals surface area contributed by atoms with Gasteiger partial charge in [0, 0.05) is 35.8 Å². The van der Waals surface area contributed by atoms with Crippen molar-refractivity contribution in [3.8, 4) is 0 Å². The maximum atomic E-state index is 13.5. The third-order valence-corrected chi connectivity index (χ3v) is 8.70. The molecule has 0 saturated carbocycles. The lowest BCUT2D eigenvalue weighted by Gasteiger charge is -2.43. The van der Waals surface area contributed by atoms with Crippen molar-refractivity contribution in [2.24, 2.45) is 0 Å². The first-order chi connectivity index (χ1) is 15.2. The van der Waals surface area contributed by atoms with Gasteiger partial charge in [0.1, 0.15) is 5.82 Å². The quantitative estimate of drug-likeness (QED) is 0.604. The number of carbonyl (C=O) groups is 1. The minimum Gasteiger partial charge on any atom is -0.481 e. The van der Waals surface area contributed by atoms with Gasteiger partial charge in [0.15, 0.2) is 0 Å². The van der Waals surface area contributed by atoms with E-state index in [-0.39, 0.29) is 24.4 Å². The van der Waals surface area contributed by atoms with E-state index < -0.39 is 39.8 Å². The highest BCUT2D eigenvalue weighted by Gasteiger charge is 2.39. The molecule has 1 aliphatic heterocycles. The average Bonchev–Trinajstić information content (AvgIpc) is 2.69. The Morgan fingerprint density at radius 1 is 1.21 bits per heavy atom. The van der Waals surface area contributed by atoms with Gasteiger partial charge in [-0.05, 0) is 56.2 Å². The first kappa shape index (κ1) is 25.4. The van der Waals surface area contributed by atoms with Gasteiger partial charge >= 0.3 is 12.1 Å². The molecule has 1 N–H and O–H groups in total. The SMILES string of the molecule is Cc1cc(S(=O)(=O)N2[C@H](C)CN(c3ccc(C(F)(F)F)cn3)C[C@@H]2C)cc(CC(=O)O)c1Br. The summed E-state index contributed by atoms with van der Waals surface area (Å²) >= 11 is 3.32. The Bertz CT molecular complexity index is 1140. The highest BCUT2D eigenvalue weighted by Crippen LogP contribution is 2.33. The van der Waals surface area contributed by atoms with Crippen LogP contribution in [0, 0.1) is 6.92 Å². The molecule has 1 saturated heterocycles. The largest absolute Gasteiger partial charge is 0.481 e. The summed E-state index contributed by atoms with van der Waals surface area (Å²) in [6, 6.07) is 4.08. The molecule has 0 unspecified atom stereocenters. The minimum atomic E-state index is -4.48. The Morgan fingerprint density at radius 3 is 2.30 bits per heavy atom. The maximum absolute atomic E-state index is 13.5. The minimum absolute atomic E-state index is 0.000690. The fraction of sp³-hybridized carbons (Fsp3) is 0.429. The Hall–Kier alpha value is -2.18. The Balaban J connectivity index is 1.88. The number of pyridine rings is 1. The molecule has 1 aromatic heterocycles. The summed E-state index contributed by atoms with van der Waals surface area (Å²) in [6.45, 7) is 5.59. The lowest BCUT2D eigenvalue weighted by molar-refractivity contribution is -0.138. The summed E-state index contributed by atoms with van der Waals surface area (Å²) in [5.41, 5.74) is 0.102. The second-order valence-electron chi connectivity index (χ2n) is 8.12. The van der Waals surface area contributed by atoms with E-state index in [1.807, 2.05) is 0 Å². The van der Waals surface area contributed by atoms with E-state index in [0.717, 1.165) is 12.3 Å². The van der Waals surface area contributed by atoms with E-state index in [4.69, 9.17) is 5.11 Å². The molecule has 3 rings (SSSR count). The van der Waals surface area contributed by atoms with Crippen LogP contribution in [0.2, 0.25) is 0 Å². The molecule has 0 aliphatic carbocycles. The Morgan fingerprint density at radius 2 is 1.82 bits per heavy atom. The smallest absolute Gasteiger partial charge is 0.417 e. The molecule has 7 nitrogen and oxygen atoms in total. The van der Waals surface area contributed by atoms with Crippen LogP contribution in [0.4, 0.5) is 19.0 Å². The zero-order valence-electron chi connectivity index (χ0n) is 18.1. The fourth-order valence-electron chi connectivity index (χ4n) is 4.08. The molecule has 1 fully saturated rings. The number of hydrogen-bond donors (Lipinski definition) is 1. The molecule has 1 aromatic carbocycles. The van der Waals surface area contributed by atoms with Crippen LogP contribution in [-0.4, -0.2) is 54.0 Å². The van der Waals surface area contributed by atoms with Gasteiger partial charge in [0.25, 0.3) is 0 Å². The molecule has 2 aromatic rings. The van der Waals surface area contributed by atoms with E-state index in [2.05, 4.69) is 20.9 Å². The van der Waals surface area contributed by atoms with Gasteiger partial charge in [-0.25, -0.2) is 13.4 Å². The maximum Gasteiger partial charge on any atom is 0.417 e. The predicted octanol–water partition coefficient (Wildman–Crippen LogP) is 4.09. The van der Waals surface area contributed by atoms with Gasteiger partial charge in [0.05, 0.1) is 16.9 Å². The molecule has 1 aliphatic rings. The summed E-state index contributed by atoms with van der Waals surface area (Å²) in [5.74, 6) is -0.744. The van der Waals surface area contributed by atoms with E-state index >= 15 is 0 Å². The highest BCUT2D eigenvalue weighted by atomic mass is 79.9. The van der Waals surface area contributed by atoms with E-state index in [9.17, 15) is 26.4 Å².